The number of rotatable bonds is 6. The molecule has 3 fully saturated rings. The van der Waals surface area contributed by atoms with Gasteiger partial charge in [-0.25, -0.2) is 0 Å². The molecule has 2 N–H and O–H groups in total. The summed E-state index contributed by atoms with van der Waals surface area (Å²) < 4.78 is 0. The monoisotopic (exact) mass is 497 g/mol. The highest BCUT2D eigenvalue weighted by molar-refractivity contribution is 5.89. The van der Waals surface area contributed by atoms with Gasteiger partial charge in [-0.05, 0) is 75.4 Å². The highest BCUT2D eigenvalue weighted by Crippen LogP contribution is 2.43. The summed E-state index contributed by atoms with van der Waals surface area (Å²) in [6, 6.07) is 20.4. The molecule has 1 aromatic heterocycles. The quantitative estimate of drug-likeness (QED) is 0.533. The topological polar surface area (TPSA) is 81.6 Å². The molecule has 2 aromatic carbocycles. The van der Waals surface area contributed by atoms with Gasteiger partial charge in [0.1, 0.15) is 5.75 Å². The van der Waals surface area contributed by atoms with Crippen LogP contribution < -0.4 is 10.2 Å². The van der Waals surface area contributed by atoms with Gasteiger partial charge in [0.2, 0.25) is 5.91 Å². The Balaban J connectivity index is 1.28. The molecule has 3 heterocycles. The van der Waals surface area contributed by atoms with Crippen molar-refractivity contribution >= 4 is 11.6 Å². The van der Waals surface area contributed by atoms with Crippen molar-refractivity contribution in [1.82, 2.24) is 20.4 Å². The zero-order valence-electron chi connectivity index (χ0n) is 21.2. The number of carbonyl (C=O) groups excluding carboxylic acids is 1. The number of aromatic hydroxyl groups is 1. The minimum Gasteiger partial charge on any atom is -0.507 e. The normalized spacial score (nSPS) is 19.9. The van der Waals surface area contributed by atoms with Gasteiger partial charge in [0.15, 0.2) is 0 Å². The van der Waals surface area contributed by atoms with E-state index in [0.29, 0.717) is 29.2 Å². The van der Waals surface area contributed by atoms with E-state index in [0.717, 1.165) is 76.0 Å². The van der Waals surface area contributed by atoms with Crippen molar-refractivity contribution in [3.63, 3.8) is 0 Å². The van der Waals surface area contributed by atoms with Gasteiger partial charge in [-0.1, -0.05) is 42.5 Å². The number of carbonyl (C=O) groups is 1. The molecule has 3 aliphatic rings. The van der Waals surface area contributed by atoms with Crippen LogP contribution in [0.4, 0.5) is 5.69 Å². The molecule has 37 heavy (non-hydrogen) atoms. The van der Waals surface area contributed by atoms with Crippen LogP contribution in [0.3, 0.4) is 0 Å². The molecule has 192 valence electrons. The molecular weight excluding hydrogens is 462 g/mol. The second-order valence-electron chi connectivity index (χ2n) is 10.7. The Morgan fingerprint density at radius 2 is 1.62 bits per heavy atom. The molecule has 6 rings (SSSR count). The molecule has 7 heteroatoms. The van der Waals surface area contributed by atoms with Gasteiger partial charge >= 0.3 is 0 Å². The van der Waals surface area contributed by atoms with E-state index in [-0.39, 0.29) is 5.75 Å². The summed E-state index contributed by atoms with van der Waals surface area (Å²) in [5.41, 5.74) is 2.93. The predicted molar refractivity (Wildman–Crippen MR) is 144 cm³/mol. The van der Waals surface area contributed by atoms with Crippen LogP contribution in [0.2, 0.25) is 0 Å². The minimum atomic E-state index is -0.508. The first-order valence-corrected chi connectivity index (χ1v) is 13.6. The van der Waals surface area contributed by atoms with Gasteiger partial charge in [-0.15, -0.1) is 0 Å². The fraction of sp³-hybridized carbons (Fsp3) is 0.433. The number of benzene rings is 2. The number of phenols is 1. The van der Waals surface area contributed by atoms with Gasteiger partial charge in [0.25, 0.3) is 0 Å². The van der Waals surface area contributed by atoms with Crippen molar-refractivity contribution in [2.75, 3.05) is 31.1 Å². The number of aromatic nitrogens is 2. The zero-order chi connectivity index (χ0) is 25.2. The molecule has 1 saturated carbocycles. The van der Waals surface area contributed by atoms with Gasteiger partial charge in [0.05, 0.1) is 23.0 Å². The van der Waals surface area contributed by atoms with Crippen molar-refractivity contribution in [2.24, 2.45) is 0 Å². The van der Waals surface area contributed by atoms with Crippen LogP contribution >= 0.6 is 0 Å². The number of nitrogens with zero attached hydrogens (tertiary/aromatic N) is 4. The van der Waals surface area contributed by atoms with E-state index in [4.69, 9.17) is 0 Å². The standard InChI is InChI=1S/C30H35N5O2/c36-28-9-5-4-8-26(28)27-20-25(21-32-33-27)34-18-14-30(15-19-34,22-6-2-1-3-7-22)29(37)35(23-10-11-23)24-12-16-31-17-13-24/h1-9,20-21,23-24,31,36H,10-19H2. The third-order valence-electron chi connectivity index (χ3n) is 8.41. The smallest absolute Gasteiger partial charge is 0.233 e. The van der Waals surface area contributed by atoms with Crippen LogP contribution in [0.25, 0.3) is 11.3 Å². The molecule has 7 nitrogen and oxygen atoms in total. The van der Waals surface area contributed by atoms with E-state index in [1.165, 1.54) is 0 Å². The first-order valence-electron chi connectivity index (χ1n) is 13.6. The van der Waals surface area contributed by atoms with Crippen LogP contribution in [0, 0.1) is 0 Å². The number of para-hydroxylation sites is 1. The second-order valence-corrected chi connectivity index (χ2v) is 10.7. The molecule has 1 aliphatic carbocycles. The minimum absolute atomic E-state index is 0.194. The van der Waals surface area contributed by atoms with Gasteiger partial charge in [-0.3, -0.25) is 4.79 Å². The van der Waals surface area contributed by atoms with Crippen LogP contribution in [0.15, 0.2) is 66.9 Å². The Kier molecular flexibility index (Phi) is 6.55. The van der Waals surface area contributed by atoms with Crippen molar-refractivity contribution in [3.8, 4) is 17.0 Å². The van der Waals surface area contributed by atoms with Crippen molar-refractivity contribution in [2.45, 2.75) is 56.0 Å². The lowest BCUT2D eigenvalue weighted by molar-refractivity contribution is -0.142. The Bertz CT molecular complexity index is 1230. The second kappa shape index (κ2) is 10.1. The van der Waals surface area contributed by atoms with E-state index < -0.39 is 5.41 Å². The molecule has 0 unspecified atom stereocenters. The number of hydrogen-bond donors (Lipinski definition) is 2. The molecule has 1 amide bonds. The fourth-order valence-corrected chi connectivity index (χ4v) is 6.20. The Hall–Kier alpha value is -3.45. The number of hydrogen-bond acceptors (Lipinski definition) is 6. The van der Waals surface area contributed by atoms with Crippen molar-refractivity contribution < 1.29 is 9.90 Å². The summed E-state index contributed by atoms with van der Waals surface area (Å²) in [6.45, 7) is 3.50. The predicted octanol–water partition coefficient (Wildman–Crippen LogP) is 4.13. The summed E-state index contributed by atoms with van der Waals surface area (Å²) in [5, 5.41) is 22.3. The molecule has 3 aromatic rings. The number of anilines is 1. The first kappa shape index (κ1) is 23.9. The number of nitrogens with one attached hydrogen (secondary N) is 1. The molecule has 0 spiro atoms. The number of phenolic OH excluding ortho intramolecular Hbond substituents is 1. The number of piperidine rings is 2. The first-order chi connectivity index (χ1) is 18.2. The molecule has 2 aliphatic heterocycles. The Labute approximate surface area is 218 Å². The summed E-state index contributed by atoms with van der Waals surface area (Å²) >= 11 is 0. The summed E-state index contributed by atoms with van der Waals surface area (Å²) in [4.78, 5) is 19.2. The lowest BCUT2D eigenvalue weighted by Gasteiger charge is -2.46. The molecule has 2 saturated heterocycles. The Morgan fingerprint density at radius 3 is 2.32 bits per heavy atom. The van der Waals surface area contributed by atoms with E-state index in [1.54, 1.807) is 18.3 Å². The summed E-state index contributed by atoms with van der Waals surface area (Å²) in [7, 11) is 0. The van der Waals surface area contributed by atoms with Crippen LogP contribution in [-0.4, -0.2) is 64.4 Å². The van der Waals surface area contributed by atoms with Crippen LogP contribution in [0.5, 0.6) is 5.75 Å². The average molecular weight is 498 g/mol. The highest BCUT2D eigenvalue weighted by Gasteiger charge is 2.49. The highest BCUT2D eigenvalue weighted by atomic mass is 16.3. The molecular formula is C30H35N5O2. The number of amides is 1. The average Bonchev–Trinajstić information content (AvgIpc) is 3.80. The Morgan fingerprint density at radius 1 is 0.946 bits per heavy atom. The van der Waals surface area contributed by atoms with Crippen LogP contribution in [-0.2, 0) is 10.2 Å². The summed E-state index contributed by atoms with van der Waals surface area (Å²) in [5.74, 6) is 0.523. The molecule has 0 bridgehead atoms. The van der Waals surface area contributed by atoms with E-state index in [2.05, 4.69) is 49.6 Å². The lowest BCUT2D eigenvalue weighted by atomic mass is 9.71. The largest absolute Gasteiger partial charge is 0.507 e. The van der Waals surface area contributed by atoms with E-state index in [9.17, 15) is 9.90 Å². The third-order valence-corrected chi connectivity index (χ3v) is 8.41. The zero-order valence-corrected chi connectivity index (χ0v) is 21.2. The molecule has 0 atom stereocenters. The van der Waals surface area contributed by atoms with Crippen LogP contribution in [0.1, 0.15) is 44.1 Å². The maximum absolute atomic E-state index is 14.6. The van der Waals surface area contributed by atoms with Gasteiger partial charge in [0, 0.05) is 30.7 Å². The maximum Gasteiger partial charge on any atom is 0.233 e. The lowest BCUT2D eigenvalue weighted by Crippen LogP contribution is -2.57. The molecule has 0 radical (unpaired) electrons. The van der Waals surface area contributed by atoms with Crippen molar-refractivity contribution in [1.29, 1.82) is 0 Å². The maximum atomic E-state index is 14.6. The van der Waals surface area contributed by atoms with Gasteiger partial charge in [-0.2, -0.15) is 10.2 Å². The SMILES string of the molecule is O=C(N(C1CCNCC1)C1CC1)C1(c2ccccc2)CCN(c2cnnc(-c3ccccc3O)c2)CC1. The van der Waals surface area contributed by atoms with Crippen molar-refractivity contribution in [3.05, 3.63) is 72.4 Å². The fourth-order valence-electron chi connectivity index (χ4n) is 6.20. The van der Waals surface area contributed by atoms with E-state index in [1.807, 2.05) is 24.3 Å². The van der Waals surface area contributed by atoms with E-state index >= 15 is 0 Å². The summed E-state index contributed by atoms with van der Waals surface area (Å²) in [6.07, 6.45) is 7.64. The van der Waals surface area contributed by atoms with Gasteiger partial charge < -0.3 is 20.2 Å². The third kappa shape index (κ3) is 4.68.